The van der Waals surface area contributed by atoms with Gasteiger partial charge in [-0.1, -0.05) is 25.1 Å². The Kier molecular flexibility index (Phi) is 6.34. The van der Waals surface area contributed by atoms with E-state index in [4.69, 9.17) is 12.2 Å². The average Bonchev–Trinajstić information content (AvgIpc) is 2.51. The van der Waals surface area contributed by atoms with Gasteiger partial charge in [-0.3, -0.25) is 5.43 Å². The Morgan fingerprint density at radius 1 is 1.23 bits per heavy atom. The van der Waals surface area contributed by atoms with E-state index in [-0.39, 0.29) is 0 Å². The molecule has 0 aromatic heterocycles. The molecule has 1 aliphatic heterocycles. The number of rotatable bonds is 4. The molecule has 0 bridgehead atoms. The fourth-order valence-electron chi connectivity index (χ4n) is 2.75. The van der Waals surface area contributed by atoms with Gasteiger partial charge >= 0.3 is 0 Å². The highest BCUT2D eigenvalue weighted by atomic mass is 32.1. The Bertz CT molecular complexity index is 523. The molecule has 4 nitrogen and oxygen atoms in total. The zero-order valence-electron chi connectivity index (χ0n) is 13.8. The molecule has 1 aromatic carbocycles. The molecule has 0 saturated carbocycles. The second-order valence-electron chi connectivity index (χ2n) is 5.85. The lowest BCUT2D eigenvalue weighted by Gasteiger charge is -2.26. The minimum absolute atomic E-state index is 0.556. The molecule has 0 radical (unpaired) electrons. The number of thiocarbonyl (C=S) groups is 1. The Morgan fingerprint density at radius 2 is 1.86 bits per heavy atom. The van der Waals surface area contributed by atoms with E-state index in [1.54, 1.807) is 0 Å². The van der Waals surface area contributed by atoms with E-state index in [2.05, 4.69) is 59.7 Å². The molecule has 1 fully saturated rings. The number of likely N-dealkylation sites (tertiary alicyclic amines) is 1. The van der Waals surface area contributed by atoms with Gasteiger partial charge in [0.2, 0.25) is 0 Å². The van der Waals surface area contributed by atoms with E-state index in [0.717, 1.165) is 31.6 Å². The van der Waals surface area contributed by atoms with Crippen molar-refractivity contribution in [1.82, 2.24) is 10.3 Å². The van der Waals surface area contributed by atoms with Crippen LogP contribution in [0.2, 0.25) is 0 Å². The second-order valence-corrected chi connectivity index (χ2v) is 6.26. The fourth-order valence-corrected chi connectivity index (χ4v) is 2.89. The summed E-state index contributed by atoms with van der Waals surface area (Å²) in [6.45, 7) is 9.77. The molecule has 0 atom stereocenters. The van der Waals surface area contributed by atoms with Crippen molar-refractivity contribution in [2.75, 3.05) is 25.0 Å². The SMILES string of the molecule is CCCN1CCC(=NNC(=S)Nc2c(C)cccc2C)CC1. The molecule has 1 aromatic rings. The first-order valence-electron chi connectivity index (χ1n) is 8.01. The van der Waals surface area contributed by atoms with Crippen LogP contribution in [0.3, 0.4) is 0 Å². The van der Waals surface area contributed by atoms with E-state index in [0.29, 0.717) is 5.11 Å². The highest BCUT2D eigenvalue weighted by molar-refractivity contribution is 7.80. The standard InChI is InChI=1S/C17H26N4S/c1-4-10-21-11-8-15(9-12-21)19-20-17(22)18-16-13(2)6-5-7-14(16)3/h5-7H,4,8-12H2,1-3H3,(H2,18,20,22). The van der Waals surface area contributed by atoms with Gasteiger partial charge in [-0.25, -0.2) is 0 Å². The molecule has 0 amide bonds. The molecule has 2 rings (SSSR count). The minimum Gasteiger partial charge on any atom is -0.331 e. The fraction of sp³-hybridized carbons (Fsp3) is 0.529. The summed E-state index contributed by atoms with van der Waals surface area (Å²) in [5.74, 6) is 0. The molecule has 1 saturated heterocycles. The van der Waals surface area contributed by atoms with E-state index in [1.807, 2.05) is 0 Å². The van der Waals surface area contributed by atoms with Crippen molar-refractivity contribution < 1.29 is 0 Å². The third kappa shape index (κ3) is 4.78. The predicted octanol–water partition coefficient (Wildman–Crippen LogP) is 3.45. The van der Waals surface area contributed by atoms with Gasteiger partial charge in [0.25, 0.3) is 0 Å². The third-order valence-corrected chi connectivity index (χ3v) is 4.20. The molecule has 22 heavy (non-hydrogen) atoms. The van der Waals surface area contributed by atoms with Crippen molar-refractivity contribution in [3.63, 3.8) is 0 Å². The summed E-state index contributed by atoms with van der Waals surface area (Å²) in [5, 5.41) is 8.28. The Balaban J connectivity index is 1.84. The number of benzene rings is 1. The topological polar surface area (TPSA) is 39.7 Å². The lowest BCUT2D eigenvalue weighted by atomic mass is 10.1. The van der Waals surface area contributed by atoms with Crippen LogP contribution in [0.5, 0.6) is 0 Å². The van der Waals surface area contributed by atoms with E-state index in [1.165, 1.54) is 29.8 Å². The Hall–Kier alpha value is -1.46. The van der Waals surface area contributed by atoms with E-state index < -0.39 is 0 Å². The molecule has 1 heterocycles. The lowest BCUT2D eigenvalue weighted by Crippen LogP contribution is -2.35. The smallest absolute Gasteiger partial charge is 0.191 e. The van der Waals surface area contributed by atoms with Crippen LogP contribution in [0, 0.1) is 13.8 Å². The van der Waals surface area contributed by atoms with Crippen molar-refractivity contribution >= 4 is 28.7 Å². The Labute approximate surface area is 139 Å². The Morgan fingerprint density at radius 3 is 2.45 bits per heavy atom. The molecule has 5 heteroatoms. The van der Waals surface area contributed by atoms with Crippen molar-refractivity contribution in [1.29, 1.82) is 0 Å². The first-order valence-corrected chi connectivity index (χ1v) is 8.42. The van der Waals surface area contributed by atoms with Crippen molar-refractivity contribution in [3.8, 4) is 0 Å². The van der Waals surface area contributed by atoms with Gasteiger partial charge in [0, 0.05) is 37.3 Å². The molecular weight excluding hydrogens is 292 g/mol. The number of anilines is 1. The molecule has 0 aliphatic carbocycles. The van der Waals surface area contributed by atoms with Crippen LogP contribution in [-0.2, 0) is 0 Å². The number of hydrogen-bond acceptors (Lipinski definition) is 3. The molecule has 120 valence electrons. The summed E-state index contributed by atoms with van der Waals surface area (Å²) in [6.07, 6.45) is 3.27. The number of nitrogens with one attached hydrogen (secondary N) is 2. The van der Waals surface area contributed by atoms with Gasteiger partial charge in [0.15, 0.2) is 5.11 Å². The third-order valence-electron chi connectivity index (χ3n) is 4.01. The van der Waals surface area contributed by atoms with Crippen LogP contribution >= 0.6 is 12.2 Å². The quantitative estimate of drug-likeness (QED) is 0.659. The molecule has 1 aliphatic rings. The van der Waals surface area contributed by atoms with Crippen molar-refractivity contribution in [2.45, 2.75) is 40.0 Å². The van der Waals surface area contributed by atoms with E-state index in [9.17, 15) is 0 Å². The first kappa shape index (κ1) is 16.9. The number of aryl methyl sites for hydroxylation is 2. The van der Waals surface area contributed by atoms with Gasteiger partial charge in [-0.15, -0.1) is 0 Å². The summed E-state index contributed by atoms with van der Waals surface area (Å²) in [7, 11) is 0. The summed E-state index contributed by atoms with van der Waals surface area (Å²) in [6, 6.07) is 6.21. The average molecular weight is 318 g/mol. The number of hydrogen-bond donors (Lipinski definition) is 2. The maximum atomic E-state index is 5.35. The molecular formula is C17H26N4S. The normalized spacial score (nSPS) is 15.5. The number of nitrogens with zero attached hydrogens (tertiary/aromatic N) is 2. The van der Waals surface area contributed by atoms with Gasteiger partial charge in [0.1, 0.15) is 0 Å². The highest BCUT2D eigenvalue weighted by Crippen LogP contribution is 2.19. The van der Waals surface area contributed by atoms with Crippen molar-refractivity contribution in [2.24, 2.45) is 5.10 Å². The van der Waals surface area contributed by atoms with E-state index >= 15 is 0 Å². The predicted molar refractivity (Wildman–Crippen MR) is 98.7 cm³/mol. The zero-order chi connectivity index (χ0) is 15.9. The summed E-state index contributed by atoms with van der Waals surface area (Å²) in [5.41, 5.74) is 7.64. The maximum absolute atomic E-state index is 5.35. The number of piperidine rings is 1. The molecule has 2 N–H and O–H groups in total. The second kappa shape index (κ2) is 8.25. The first-order chi connectivity index (χ1) is 10.6. The molecule has 0 unspecified atom stereocenters. The summed E-state index contributed by atoms with van der Waals surface area (Å²) >= 11 is 5.35. The number of hydrazone groups is 1. The summed E-state index contributed by atoms with van der Waals surface area (Å²) < 4.78 is 0. The van der Waals surface area contributed by atoms with Crippen molar-refractivity contribution in [3.05, 3.63) is 29.3 Å². The number of para-hydroxylation sites is 1. The highest BCUT2D eigenvalue weighted by Gasteiger charge is 2.14. The van der Waals surface area contributed by atoms with Crippen LogP contribution in [0.1, 0.15) is 37.3 Å². The van der Waals surface area contributed by atoms with Crippen LogP contribution in [0.15, 0.2) is 23.3 Å². The molecule has 0 spiro atoms. The largest absolute Gasteiger partial charge is 0.331 e. The van der Waals surface area contributed by atoms with Crippen LogP contribution in [0.4, 0.5) is 5.69 Å². The van der Waals surface area contributed by atoms with Gasteiger partial charge in [0.05, 0.1) is 0 Å². The summed E-state index contributed by atoms with van der Waals surface area (Å²) in [4.78, 5) is 2.49. The van der Waals surface area contributed by atoms with Crippen LogP contribution in [0.25, 0.3) is 0 Å². The van der Waals surface area contributed by atoms with Gasteiger partial charge < -0.3 is 10.2 Å². The van der Waals surface area contributed by atoms with Gasteiger partial charge in [-0.05, 0) is 50.2 Å². The minimum atomic E-state index is 0.556. The van der Waals surface area contributed by atoms with Crippen LogP contribution < -0.4 is 10.7 Å². The maximum Gasteiger partial charge on any atom is 0.191 e. The van der Waals surface area contributed by atoms with Crippen LogP contribution in [-0.4, -0.2) is 35.4 Å². The lowest BCUT2D eigenvalue weighted by molar-refractivity contribution is 0.275. The van der Waals surface area contributed by atoms with Gasteiger partial charge in [-0.2, -0.15) is 5.10 Å². The monoisotopic (exact) mass is 318 g/mol. The zero-order valence-corrected chi connectivity index (χ0v) is 14.6.